The van der Waals surface area contributed by atoms with E-state index in [1.165, 1.54) is 17.8 Å². The van der Waals surface area contributed by atoms with E-state index in [2.05, 4.69) is 10.6 Å². The highest BCUT2D eigenvalue weighted by Crippen LogP contribution is 2.31. The lowest BCUT2D eigenvalue weighted by molar-refractivity contribution is -0.117. The van der Waals surface area contributed by atoms with Crippen LogP contribution in [0.4, 0.5) is 10.5 Å². The van der Waals surface area contributed by atoms with Gasteiger partial charge in [-0.05, 0) is 18.2 Å². The van der Waals surface area contributed by atoms with Crippen molar-refractivity contribution in [1.82, 2.24) is 10.7 Å². The van der Waals surface area contributed by atoms with Crippen molar-refractivity contribution in [3.63, 3.8) is 0 Å². The molecule has 9 heteroatoms. The van der Waals surface area contributed by atoms with Crippen LogP contribution in [0.3, 0.4) is 0 Å². The van der Waals surface area contributed by atoms with Gasteiger partial charge in [-0.25, -0.2) is 10.6 Å². The number of nitrogen functional groups attached to an aromatic ring is 1. The Kier molecular flexibility index (Phi) is 4.11. The second-order valence-electron chi connectivity index (χ2n) is 3.99. The fourth-order valence-electron chi connectivity index (χ4n) is 1.70. The summed E-state index contributed by atoms with van der Waals surface area (Å²) in [5, 5.41) is 13.4. The number of nitrogens with two attached hydrogens (primary N) is 1. The van der Waals surface area contributed by atoms with Crippen LogP contribution in [0.5, 0.6) is 0 Å². The summed E-state index contributed by atoms with van der Waals surface area (Å²) in [5.74, 6) is 4.38. The molecular weight excluding hydrogens is 284 g/mol. The number of hydrogen-bond donors (Lipinski definition) is 5. The number of carbonyl (C=O) groups excluding carboxylic acids is 2. The summed E-state index contributed by atoms with van der Waals surface area (Å²) < 4.78 is 0. The molecule has 3 amide bonds. The minimum atomic E-state index is -1.26. The standard InChI is InChI=1S/C11H12N4O4S/c12-15-9(16)5-1-2-8-6(3-5)13-10(17)7(4-20-8)14-11(18)19/h1-3,7,14H,4,12H2,(H,13,17)(H,15,16)(H,18,19)/t7-/m0/s1. The molecule has 0 unspecified atom stereocenters. The molecule has 1 aromatic rings. The van der Waals surface area contributed by atoms with Crippen LogP contribution in [0.2, 0.25) is 0 Å². The fraction of sp³-hybridized carbons (Fsp3) is 0.182. The van der Waals surface area contributed by atoms with Gasteiger partial charge in [0, 0.05) is 16.2 Å². The number of carboxylic acid groups (broad SMARTS) is 1. The van der Waals surface area contributed by atoms with Crippen LogP contribution >= 0.6 is 11.8 Å². The number of rotatable bonds is 2. The Balaban J connectivity index is 2.25. The minimum absolute atomic E-state index is 0.271. The van der Waals surface area contributed by atoms with Crippen LogP contribution in [0.15, 0.2) is 23.1 Å². The second kappa shape index (κ2) is 5.80. The van der Waals surface area contributed by atoms with Crippen LogP contribution in [0.1, 0.15) is 10.4 Å². The molecule has 0 aliphatic carbocycles. The maximum Gasteiger partial charge on any atom is 0.405 e. The van der Waals surface area contributed by atoms with Crippen molar-refractivity contribution in [3.05, 3.63) is 23.8 Å². The molecular formula is C11H12N4O4S. The number of fused-ring (bicyclic) bond motifs is 1. The molecule has 6 N–H and O–H groups in total. The van der Waals surface area contributed by atoms with E-state index < -0.39 is 23.9 Å². The Morgan fingerprint density at radius 3 is 2.85 bits per heavy atom. The molecule has 106 valence electrons. The fourth-order valence-corrected chi connectivity index (χ4v) is 2.71. The van der Waals surface area contributed by atoms with Gasteiger partial charge in [-0.2, -0.15) is 0 Å². The Labute approximate surface area is 118 Å². The summed E-state index contributed by atoms with van der Waals surface area (Å²) in [6.45, 7) is 0. The van der Waals surface area contributed by atoms with Crippen LogP contribution < -0.4 is 21.9 Å². The zero-order valence-electron chi connectivity index (χ0n) is 10.2. The van der Waals surface area contributed by atoms with Crippen molar-refractivity contribution in [2.45, 2.75) is 10.9 Å². The van der Waals surface area contributed by atoms with Crippen molar-refractivity contribution in [3.8, 4) is 0 Å². The van der Waals surface area contributed by atoms with E-state index in [4.69, 9.17) is 10.9 Å². The SMILES string of the molecule is NNC(=O)c1ccc2c(c1)NC(=O)[C@@H](NC(=O)O)CS2. The molecule has 20 heavy (non-hydrogen) atoms. The summed E-state index contributed by atoms with van der Waals surface area (Å²) in [4.78, 5) is 34.7. The van der Waals surface area contributed by atoms with Crippen molar-refractivity contribution in [1.29, 1.82) is 0 Å². The van der Waals surface area contributed by atoms with E-state index in [0.29, 0.717) is 11.3 Å². The summed E-state index contributed by atoms with van der Waals surface area (Å²) in [5.41, 5.74) is 2.76. The number of nitrogens with one attached hydrogen (secondary N) is 3. The van der Waals surface area contributed by atoms with Gasteiger partial charge >= 0.3 is 6.09 Å². The lowest BCUT2D eigenvalue weighted by Gasteiger charge is -2.11. The Morgan fingerprint density at radius 1 is 1.45 bits per heavy atom. The van der Waals surface area contributed by atoms with Crippen molar-refractivity contribution < 1.29 is 19.5 Å². The maximum absolute atomic E-state index is 11.9. The van der Waals surface area contributed by atoms with Crippen LogP contribution in [0.25, 0.3) is 0 Å². The maximum atomic E-state index is 11.9. The van der Waals surface area contributed by atoms with Gasteiger partial charge < -0.3 is 15.7 Å². The van der Waals surface area contributed by atoms with Gasteiger partial charge in [0.15, 0.2) is 0 Å². The van der Waals surface area contributed by atoms with Gasteiger partial charge in [-0.3, -0.25) is 15.0 Å². The first-order valence-corrected chi connectivity index (χ1v) is 6.58. The first kappa shape index (κ1) is 14.2. The average Bonchev–Trinajstić information content (AvgIpc) is 2.56. The predicted octanol–water partition coefficient (Wildman–Crippen LogP) is -0.0295. The average molecular weight is 296 g/mol. The highest BCUT2D eigenvalue weighted by atomic mass is 32.2. The summed E-state index contributed by atoms with van der Waals surface area (Å²) in [6, 6.07) is 3.89. The van der Waals surface area contributed by atoms with E-state index >= 15 is 0 Å². The number of amides is 3. The number of carbonyl (C=O) groups is 3. The molecule has 1 aromatic carbocycles. The Bertz CT molecular complexity index is 578. The molecule has 0 radical (unpaired) electrons. The third kappa shape index (κ3) is 3.00. The largest absolute Gasteiger partial charge is 0.465 e. The molecule has 0 spiro atoms. The zero-order chi connectivity index (χ0) is 14.7. The van der Waals surface area contributed by atoms with Gasteiger partial charge in [-0.15, -0.1) is 11.8 Å². The number of hydrazine groups is 1. The molecule has 1 aliphatic rings. The lowest BCUT2D eigenvalue weighted by atomic mass is 10.2. The van der Waals surface area contributed by atoms with E-state index in [1.807, 2.05) is 5.43 Å². The molecule has 0 bridgehead atoms. The Hall–Kier alpha value is -2.26. The number of hydrogen-bond acceptors (Lipinski definition) is 5. The van der Waals surface area contributed by atoms with Crippen LogP contribution in [0, 0.1) is 0 Å². The molecule has 0 fully saturated rings. The number of thioether (sulfide) groups is 1. The molecule has 0 saturated heterocycles. The van der Waals surface area contributed by atoms with Crippen LogP contribution in [-0.4, -0.2) is 34.8 Å². The highest BCUT2D eigenvalue weighted by Gasteiger charge is 2.25. The van der Waals surface area contributed by atoms with Gasteiger partial charge in [0.1, 0.15) is 6.04 Å². The predicted molar refractivity (Wildman–Crippen MR) is 72.4 cm³/mol. The van der Waals surface area contributed by atoms with E-state index in [1.54, 1.807) is 12.1 Å². The monoisotopic (exact) mass is 296 g/mol. The minimum Gasteiger partial charge on any atom is -0.465 e. The van der Waals surface area contributed by atoms with Crippen molar-refractivity contribution in [2.75, 3.05) is 11.1 Å². The highest BCUT2D eigenvalue weighted by molar-refractivity contribution is 7.99. The van der Waals surface area contributed by atoms with Gasteiger partial charge in [0.2, 0.25) is 5.91 Å². The molecule has 1 heterocycles. The van der Waals surface area contributed by atoms with Crippen LogP contribution in [-0.2, 0) is 4.79 Å². The van der Waals surface area contributed by atoms with Crippen molar-refractivity contribution in [2.24, 2.45) is 5.84 Å². The first-order valence-electron chi connectivity index (χ1n) is 5.59. The lowest BCUT2D eigenvalue weighted by Crippen LogP contribution is -2.44. The third-order valence-electron chi connectivity index (χ3n) is 2.65. The Morgan fingerprint density at radius 2 is 2.20 bits per heavy atom. The molecule has 0 aromatic heterocycles. The number of anilines is 1. The zero-order valence-corrected chi connectivity index (χ0v) is 11.0. The smallest absolute Gasteiger partial charge is 0.405 e. The van der Waals surface area contributed by atoms with E-state index in [9.17, 15) is 14.4 Å². The summed E-state index contributed by atoms with van der Waals surface area (Å²) in [6.07, 6.45) is -1.26. The first-order chi connectivity index (χ1) is 9.51. The normalized spacial score (nSPS) is 17.4. The van der Waals surface area contributed by atoms with E-state index in [-0.39, 0.29) is 5.75 Å². The topological polar surface area (TPSA) is 134 Å². The molecule has 1 atom stereocenters. The van der Waals surface area contributed by atoms with E-state index in [0.717, 1.165) is 4.90 Å². The molecule has 2 rings (SSSR count). The second-order valence-corrected chi connectivity index (χ2v) is 5.05. The van der Waals surface area contributed by atoms with Gasteiger partial charge in [0.25, 0.3) is 5.91 Å². The molecule has 1 aliphatic heterocycles. The number of benzene rings is 1. The van der Waals surface area contributed by atoms with Crippen molar-refractivity contribution >= 4 is 35.4 Å². The summed E-state index contributed by atoms with van der Waals surface area (Å²) in [7, 11) is 0. The molecule has 8 nitrogen and oxygen atoms in total. The van der Waals surface area contributed by atoms with Gasteiger partial charge in [0.05, 0.1) is 5.69 Å². The molecule has 0 saturated carbocycles. The van der Waals surface area contributed by atoms with Gasteiger partial charge in [-0.1, -0.05) is 0 Å². The summed E-state index contributed by atoms with van der Waals surface area (Å²) >= 11 is 1.32. The third-order valence-corrected chi connectivity index (χ3v) is 3.82. The quantitative estimate of drug-likeness (QED) is 0.296.